The van der Waals surface area contributed by atoms with Gasteiger partial charge in [0.25, 0.3) is 5.56 Å². The molecule has 2 amide bonds. The lowest BCUT2D eigenvalue weighted by Crippen LogP contribution is -2.33. The number of aromatic nitrogens is 2. The highest BCUT2D eigenvalue weighted by molar-refractivity contribution is 6.30. The van der Waals surface area contributed by atoms with Crippen molar-refractivity contribution in [1.29, 1.82) is 5.26 Å². The Bertz CT molecular complexity index is 1450. The Kier molecular flexibility index (Phi) is 9.85. The van der Waals surface area contributed by atoms with Gasteiger partial charge in [0.2, 0.25) is 5.91 Å². The number of hydrogen-bond donors (Lipinski definition) is 2. The van der Waals surface area contributed by atoms with Crippen LogP contribution in [-0.2, 0) is 42.0 Å². The average Bonchev–Trinajstić information content (AvgIpc) is 2.88. The van der Waals surface area contributed by atoms with Crippen molar-refractivity contribution in [3.8, 4) is 6.07 Å². The van der Waals surface area contributed by atoms with Crippen molar-refractivity contribution in [2.24, 2.45) is 0 Å². The normalized spacial score (nSPS) is 11.0. The third kappa shape index (κ3) is 8.97. The van der Waals surface area contributed by atoms with E-state index in [-0.39, 0.29) is 31.0 Å². The summed E-state index contributed by atoms with van der Waals surface area (Å²) in [5.41, 5.74) is 2.82. The monoisotopic (exact) mass is 549 g/mol. The summed E-state index contributed by atoms with van der Waals surface area (Å²) in [5.74, 6) is -0.317. The van der Waals surface area contributed by atoms with E-state index in [4.69, 9.17) is 21.6 Å². The minimum Gasteiger partial charge on any atom is -0.444 e. The molecule has 0 aliphatic rings. The van der Waals surface area contributed by atoms with Crippen molar-refractivity contribution in [3.63, 3.8) is 0 Å². The highest BCUT2D eigenvalue weighted by Gasteiger charge is 2.17. The van der Waals surface area contributed by atoms with Gasteiger partial charge in [-0.2, -0.15) is 5.26 Å². The molecule has 3 rings (SSSR count). The molecule has 2 N–H and O–H groups in total. The number of amides is 2. The van der Waals surface area contributed by atoms with Crippen LogP contribution < -0.4 is 16.2 Å². The zero-order valence-electron chi connectivity index (χ0n) is 22.5. The molecular formula is C29H32ClN5O4. The molecule has 0 spiro atoms. The van der Waals surface area contributed by atoms with E-state index < -0.39 is 11.7 Å². The van der Waals surface area contributed by atoms with Gasteiger partial charge in [0, 0.05) is 48.5 Å². The number of ether oxygens (including phenoxy) is 1. The highest BCUT2D eigenvalue weighted by Crippen LogP contribution is 2.17. The smallest absolute Gasteiger partial charge is 0.407 e. The number of benzene rings is 1. The maximum Gasteiger partial charge on any atom is 0.407 e. The molecule has 0 fully saturated rings. The summed E-state index contributed by atoms with van der Waals surface area (Å²) in [6.07, 6.45) is 1.54. The van der Waals surface area contributed by atoms with Crippen LogP contribution in [0.2, 0.25) is 5.02 Å². The molecular weight excluding hydrogens is 518 g/mol. The lowest BCUT2D eigenvalue weighted by molar-refractivity contribution is -0.120. The molecule has 204 valence electrons. The molecule has 10 heteroatoms. The fraction of sp³-hybridized carbons (Fsp3) is 0.345. The first-order chi connectivity index (χ1) is 18.4. The molecule has 0 atom stereocenters. The minimum atomic E-state index is -0.617. The van der Waals surface area contributed by atoms with Gasteiger partial charge in [-0.25, -0.2) is 9.78 Å². The molecule has 0 aliphatic carbocycles. The molecule has 0 bridgehead atoms. The Morgan fingerprint density at radius 1 is 1.10 bits per heavy atom. The predicted molar refractivity (Wildman–Crippen MR) is 148 cm³/mol. The number of carbonyl (C=O) groups is 2. The molecule has 0 aliphatic heterocycles. The molecule has 9 nitrogen and oxygen atoms in total. The molecule has 3 aromatic rings. The van der Waals surface area contributed by atoms with Crippen LogP contribution in [0.4, 0.5) is 4.79 Å². The van der Waals surface area contributed by atoms with Crippen LogP contribution in [0.25, 0.3) is 0 Å². The SMILES string of the molecule is Cc1ccn(CCc2cccc(C#N)n2)c(=O)c1CC(=O)NCc1cc(Cl)ccc1CNC(=O)OC(C)(C)C. The van der Waals surface area contributed by atoms with Gasteiger partial charge in [0.1, 0.15) is 17.4 Å². The number of nitriles is 1. The van der Waals surface area contributed by atoms with Crippen molar-refractivity contribution in [3.05, 3.63) is 97.7 Å². The van der Waals surface area contributed by atoms with Gasteiger partial charge >= 0.3 is 6.09 Å². The Balaban J connectivity index is 1.64. The van der Waals surface area contributed by atoms with E-state index in [0.717, 1.165) is 16.7 Å². The molecule has 0 radical (unpaired) electrons. The maximum absolute atomic E-state index is 13.1. The first kappa shape index (κ1) is 29.4. The predicted octanol–water partition coefficient (Wildman–Crippen LogP) is 4.20. The number of nitrogens with one attached hydrogen (secondary N) is 2. The summed E-state index contributed by atoms with van der Waals surface area (Å²) in [6, 6.07) is 14.2. The lowest BCUT2D eigenvalue weighted by Gasteiger charge is -2.20. The fourth-order valence-corrected chi connectivity index (χ4v) is 4.04. The second kappa shape index (κ2) is 13.1. The summed E-state index contributed by atoms with van der Waals surface area (Å²) in [4.78, 5) is 42.3. The number of rotatable bonds is 9. The van der Waals surface area contributed by atoms with Crippen LogP contribution in [0.1, 0.15) is 54.4 Å². The van der Waals surface area contributed by atoms with Crippen molar-refractivity contribution >= 4 is 23.6 Å². The van der Waals surface area contributed by atoms with Gasteiger partial charge in [-0.3, -0.25) is 9.59 Å². The molecule has 1 aromatic carbocycles. The van der Waals surface area contributed by atoms with E-state index in [0.29, 0.717) is 34.9 Å². The number of halogens is 1. The number of hydrogen-bond acceptors (Lipinski definition) is 6. The summed E-state index contributed by atoms with van der Waals surface area (Å²) >= 11 is 6.17. The Hall–Kier alpha value is -4.16. The quantitative estimate of drug-likeness (QED) is 0.412. The van der Waals surface area contributed by atoms with Crippen LogP contribution in [0, 0.1) is 18.3 Å². The third-order valence-electron chi connectivity index (χ3n) is 5.83. The number of nitrogens with zero attached hydrogens (tertiary/aromatic N) is 3. The molecule has 2 heterocycles. The van der Waals surface area contributed by atoms with E-state index in [1.54, 1.807) is 74.9 Å². The number of alkyl carbamates (subject to hydrolysis) is 1. The van der Waals surface area contributed by atoms with Gasteiger partial charge in [0.15, 0.2) is 0 Å². The van der Waals surface area contributed by atoms with Gasteiger partial charge in [0.05, 0.1) is 6.42 Å². The van der Waals surface area contributed by atoms with E-state index in [1.165, 1.54) is 0 Å². The number of aryl methyl sites for hydroxylation is 3. The van der Waals surface area contributed by atoms with E-state index in [1.807, 2.05) is 12.1 Å². The van der Waals surface area contributed by atoms with Gasteiger partial charge in [-0.1, -0.05) is 23.7 Å². The Morgan fingerprint density at radius 3 is 2.56 bits per heavy atom. The molecule has 39 heavy (non-hydrogen) atoms. The minimum absolute atomic E-state index is 0.0836. The van der Waals surface area contributed by atoms with Crippen molar-refractivity contribution in [2.75, 3.05) is 0 Å². The van der Waals surface area contributed by atoms with E-state index in [2.05, 4.69) is 15.6 Å². The zero-order valence-corrected chi connectivity index (χ0v) is 23.3. The van der Waals surface area contributed by atoms with E-state index >= 15 is 0 Å². The molecule has 0 saturated carbocycles. The average molecular weight is 550 g/mol. The second-order valence-electron chi connectivity index (χ2n) is 10.1. The van der Waals surface area contributed by atoms with Gasteiger partial charge < -0.3 is 19.9 Å². The zero-order chi connectivity index (χ0) is 28.6. The highest BCUT2D eigenvalue weighted by atomic mass is 35.5. The second-order valence-corrected chi connectivity index (χ2v) is 10.5. The first-order valence-electron chi connectivity index (χ1n) is 12.5. The van der Waals surface area contributed by atoms with Crippen molar-refractivity contribution in [1.82, 2.24) is 20.2 Å². The van der Waals surface area contributed by atoms with Crippen LogP contribution in [0.15, 0.2) is 53.5 Å². The van der Waals surface area contributed by atoms with Crippen LogP contribution in [-0.4, -0.2) is 27.2 Å². The van der Waals surface area contributed by atoms with Crippen LogP contribution in [0.5, 0.6) is 0 Å². The standard InChI is InChI=1S/C29H32ClN5O4/c1-19-10-12-35(13-11-23-6-5-7-24(16-31)34-23)27(37)25(19)15-26(36)32-18-21-14-22(30)9-8-20(21)17-33-28(38)39-29(2,3)4/h5-10,12,14H,11,13,15,17-18H2,1-4H3,(H,32,36)(H,33,38). The van der Waals surface area contributed by atoms with Crippen LogP contribution >= 0.6 is 11.6 Å². The largest absolute Gasteiger partial charge is 0.444 e. The van der Waals surface area contributed by atoms with Crippen LogP contribution in [0.3, 0.4) is 0 Å². The Labute approximate surface area is 232 Å². The van der Waals surface area contributed by atoms with Crippen molar-refractivity contribution in [2.45, 2.75) is 65.8 Å². The third-order valence-corrected chi connectivity index (χ3v) is 6.07. The lowest BCUT2D eigenvalue weighted by atomic mass is 10.1. The summed E-state index contributed by atoms with van der Waals surface area (Å²) < 4.78 is 6.83. The number of pyridine rings is 2. The fourth-order valence-electron chi connectivity index (χ4n) is 3.85. The van der Waals surface area contributed by atoms with E-state index in [9.17, 15) is 14.4 Å². The van der Waals surface area contributed by atoms with Gasteiger partial charge in [-0.05, 0) is 74.7 Å². The molecule has 2 aromatic heterocycles. The topological polar surface area (TPSA) is 126 Å². The number of carbonyl (C=O) groups excluding carboxylic acids is 2. The van der Waals surface area contributed by atoms with Gasteiger partial charge in [-0.15, -0.1) is 0 Å². The summed E-state index contributed by atoms with van der Waals surface area (Å²) in [5, 5.41) is 15.1. The maximum atomic E-state index is 13.1. The molecule has 0 saturated heterocycles. The first-order valence-corrected chi connectivity index (χ1v) is 12.9. The Morgan fingerprint density at radius 2 is 1.85 bits per heavy atom. The molecule has 0 unspecified atom stereocenters. The summed E-state index contributed by atoms with van der Waals surface area (Å²) in [7, 11) is 0. The van der Waals surface area contributed by atoms with Crippen molar-refractivity contribution < 1.29 is 14.3 Å². The summed E-state index contributed by atoms with van der Waals surface area (Å²) in [6.45, 7) is 7.88.